The standard InChI is InChI=1S/C7H7IN2O/c1-9-7(11)5-2-6(8)4-10-3-5/h2-4H,1H3,(H,9,11). The lowest BCUT2D eigenvalue weighted by Gasteiger charge is -1.97. The molecule has 0 radical (unpaired) electrons. The molecule has 0 bridgehead atoms. The van der Waals surface area contributed by atoms with E-state index in [0.29, 0.717) is 5.56 Å². The second-order valence-corrected chi connectivity index (χ2v) is 3.22. The molecule has 3 nitrogen and oxygen atoms in total. The molecule has 0 aliphatic rings. The van der Waals surface area contributed by atoms with Crippen molar-refractivity contribution < 1.29 is 4.79 Å². The second-order valence-electron chi connectivity index (χ2n) is 1.97. The van der Waals surface area contributed by atoms with Crippen molar-refractivity contribution in [2.24, 2.45) is 0 Å². The maximum atomic E-state index is 11.0. The van der Waals surface area contributed by atoms with Crippen molar-refractivity contribution in [2.75, 3.05) is 7.05 Å². The topological polar surface area (TPSA) is 42.0 Å². The Morgan fingerprint density at radius 2 is 2.36 bits per heavy atom. The number of pyridine rings is 1. The van der Waals surface area contributed by atoms with Gasteiger partial charge in [0, 0.05) is 23.0 Å². The summed E-state index contributed by atoms with van der Waals surface area (Å²) in [5.41, 5.74) is 0.597. The van der Waals surface area contributed by atoms with E-state index >= 15 is 0 Å². The molecule has 0 unspecified atom stereocenters. The van der Waals surface area contributed by atoms with Crippen molar-refractivity contribution >= 4 is 28.5 Å². The summed E-state index contributed by atoms with van der Waals surface area (Å²) in [6.45, 7) is 0. The summed E-state index contributed by atoms with van der Waals surface area (Å²) in [5.74, 6) is -0.101. The Kier molecular flexibility index (Phi) is 2.81. The van der Waals surface area contributed by atoms with E-state index in [2.05, 4.69) is 32.9 Å². The fourth-order valence-corrected chi connectivity index (χ4v) is 1.18. The zero-order valence-electron chi connectivity index (χ0n) is 5.97. The van der Waals surface area contributed by atoms with E-state index < -0.39 is 0 Å². The van der Waals surface area contributed by atoms with Gasteiger partial charge in [-0.2, -0.15) is 0 Å². The number of halogens is 1. The van der Waals surface area contributed by atoms with Crippen LogP contribution in [0.5, 0.6) is 0 Å². The van der Waals surface area contributed by atoms with Crippen LogP contribution in [0.25, 0.3) is 0 Å². The normalized spacial score (nSPS) is 9.27. The van der Waals surface area contributed by atoms with Gasteiger partial charge >= 0.3 is 0 Å². The number of nitrogens with zero attached hydrogens (tertiary/aromatic N) is 1. The lowest BCUT2D eigenvalue weighted by molar-refractivity contribution is 0.0962. The number of hydrogen-bond donors (Lipinski definition) is 1. The van der Waals surface area contributed by atoms with E-state index in [1.807, 2.05) is 0 Å². The average molecular weight is 262 g/mol. The van der Waals surface area contributed by atoms with Crippen LogP contribution < -0.4 is 5.32 Å². The van der Waals surface area contributed by atoms with Crippen molar-refractivity contribution in [3.63, 3.8) is 0 Å². The van der Waals surface area contributed by atoms with Gasteiger partial charge in [0.05, 0.1) is 5.56 Å². The van der Waals surface area contributed by atoms with Gasteiger partial charge in [-0.1, -0.05) is 0 Å². The number of amides is 1. The summed E-state index contributed by atoms with van der Waals surface area (Å²) in [5, 5.41) is 2.53. The van der Waals surface area contributed by atoms with E-state index in [4.69, 9.17) is 0 Å². The van der Waals surface area contributed by atoms with Crippen LogP contribution in [0.2, 0.25) is 0 Å². The summed E-state index contributed by atoms with van der Waals surface area (Å²) in [4.78, 5) is 14.9. The largest absolute Gasteiger partial charge is 0.355 e. The minimum absolute atomic E-state index is 0.101. The molecule has 58 valence electrons. The zero-order valence-corrected chi connectivity index (χ0v) is 8.12. The molecule has 1 aromatic rings. The lowest BCUT2D eigenvalue weighted by atomic mass is 10.3. The summed E-state index contributed by atoms with van der Waals surface area (Å²) in [6.07, 6.45) is 3.24. The van der Waals surface area contributed by atoms with Crippen LogP contribution in [0.3, 0.4) is 0 Å². The van der Waals surface area contributed by atoms with Crippen molar-refractivity contribution in [2.45, 2.75) is 0 Å². The Hall–Kier alpha value is -0.650. The molecule has 0 fully saturated rings. The van der Waals surface area contributed by atoms with Crippen LogP contribution in [0.1, 0.15) is 10.4 Å². The molecule has 1 rings (SSSR count). The van der Waals surface area contributed by atoms with Gasteiger partial charge in [-0.15, -0.1) is 0 Å². The first kappa shape index (κ1) is 8.45. The molecule has 0 aromatic carbocycles. The maximum Gasteiger partial charge on any atom is 0.252 e. The number of hydrogen-bond acceptors (Lipinski definition) is 2. The zero-order chi connectivity index (χ0) is 8.27. The second kappa shape index (κ2) is 3.66. The van der Waals surface area contributed by atoms with Crippen LogP contribution >= 0.6 is 22.6 Å². The number of aromatic nitrogens is 1. The minimum atomic E-state index is -0.101. The van der Waals surface area contributed by atoms with E-state index in [9.17, 15) is 4.79 Å². The van der Waals surface area contributed by atoms with Gasteiger partial charge in [0.25, 0.3) is 5.91 Å². The van der Waals surface area contributed by atoms with Gasteiger partial charge in [-0.05, 0) is 28.7 Å². The fourth-order valence-electron chi connectivity index (χ4n) is 0.680. The first-order valence-electron chi connectivity index (χ1n) is 3.06. The molecule has 0 atom stereocenters. The first-order valence-corrected chi connectivity index (χ1v) is 4.14. The first-order chi connectivity index (χ1) is 5.24. The third-order valence-electron chi connectivity index (χ3n) is 1.19. The highest BCUT2D eigenvalue weighted by atomic mass is 127. The molecule has 0 spiro atoms. The summed E-state index contributed by atoms with van der Waals surface area (Å²) < 4.78 is 0.962. The molecule has 1 N–H and O–H groups in total. The third kappa shape index (κ3) is 2.14. The monoisotopic (exact) mass is 262 g/mol. The molecular formula is C7H7IN2O. The van der Waals surface area contributed by atoms with E-state index in [0.717, 1.165) is 3.57 Å². The van der Waals surface area contributed by atoms with Crippen molar-refractivity contribution in [3.05, 3.63) is 27.6 Å². The number of rotatable bonds is 1. The maximum absolute atomic E-state index is 11.0. The molecular weight excluding hydrogens is 255 g/mol. The van der Waals surface area contributed by atoms with Crippen LogP contribution in [-0.4, -0.2) is 17.9 Å². The molecule has 4 heteroatoms. The van der Waals surface area contributed by atoms with Crippen molar-refractivity contribution in [1.29, 1.82) is 0 Å². The van der Waals surface area contributed by atoms with Crippen LogP contribution in [0, 0.1) is 3.57 Å². The summed E-state index contributed by atoms with van der Waals surface area (Å²) >= 11 is 2.11. The van der Waals surface area contributed by atoms with E-state index in [1.165, 1.54) is 0 Å². The predicted molar refractivity (Wildman–Crippen MR) is 50.3 cm³/mol. The molecule has 0 aliphatic carbocycles. The summed E-state index contributed by atoms with van der Waals surface area (Å²) in [7, 11) is 1.60. The molecule has 1 aromatic heterocycles. The third-order valence-corrected chi connectivity index (χ3v) is 1.78. The molecule has 1 amide bonds. The van der Waals surface area contributed by atoms with E-state index in [1.54, 1.807) is 25.5 Å². The van der Waals surface area contributed by atoms with Gasteiger partial charge in [-0.25, -0.2) is 0 Å². The van der Waals surface area contributed by atoms with Crippen molar-refractivity contribution in [1.82, 2.24) is 10.3 Å². The quantitative estimate of drug-likeness (QED) is 0.768. The smallest absolute Gasteiger partial charge is 0.252 e. The molecule has 11 heavy (non-hydrogen) atoms. The number of nitrogens with one attached hydrogen (secondary N) is 1. The fraction of sp³-hybridized carbons (Fsp3) is 0.143. The average Bonchev–Trinajstić information content (AvgIpc) is 2.03. The van der Waals surface area contributed by atoms with Gasteiger partial charge in [-0.3, -0.25) is 9.78 Å². The predicted octanol–water partition coefficient (Wildman–Crippen LogP) is 1.05. The highest BCUT2D eigenvalue weighted by Crippen LogP contribution is 2.04. The Balaban J connectivity index is 2.96. The highest BCUT2D eigenvalue weighted by molar-refractivity contribution is 14.1. The lowest BCUT2D eigenvalue weighted by Crippen LogP contribution is -2.17. The minimum Gasteiger partial charge on any atom is -0.355 e. The van der Waals surface area contributed by atoms with Gasteiger partial charge in [0.1, 0.15) is 0 Å². The van der Waals surface area contributed by atoms with Crippen LogP contribution in [0.15, 0.2) is 18.5 Å². The number of carbonyl (C=O) groups is 1. The van der Waals surface area contributed by atoms with Gasteiger partial charge in [0.2, 0.25) is 0 Å². The van der Waals surface area contributed by atoms with Crippen molar-refractivity contribution in [3.8, 4) is 0 Å². The Labute approximate surface area is 78.4 Å². The Morgan fingerprint density at radius 1 is 1.64 bits per heavy atom. The number of carbonyl (C=O) groups excluding carboxylic acids is 1. The van der Waals surface area contributed by atoms with Gasteiger partial charge in [0.15, 0.2) is 0 Å². The Morgan fingerprint density at radius 3 is 2.91 bits per heavy atom. The van der Waals surface area contributed by atoms with E-state index in [-0.39, 0.29) is 5.91 Å². The summed E-state index contributed by atoms with van der Waals surface area (Å²) in [6, 6.07) is 1.78. The molecule has 0 saturated heterocycles. The van der Waals surface area contributed by atoms with Crippen LogP contribution in [-0.2, 0) is 0 Å². The Bertz CT molecular complexity index is 275. The van der Waals surface area contributed by atoms with Crippen LogP contribution in [0.4, 0.5) is 0 Å². The molecule has 0 saturated carbocycles. The SMILES string of the molecule is CNC(=O)c1cncc(I)c1. The molecule has 0 aliphatic heterocycles. The molecule has 1 heterocycles. The van der Waals surface area contributed by atoms with Gasteiger partial charge < -0.3 is 5.32 Å². The highest BCUT2D eigenvalue weighted by Gasteiger charge is 2.01.